The van der Waals surface area contributed by atoms with E-state index in [-0.39, 0.29) is 0 Å². The zero-order chi connectivity index (χ0) is 12.7. The topological polar surface area (TPSA) is 54.5 Å². The third kappa shape index (κ3) is 1.88. The van der Waals surface area contributed by atoms with Crippen molar-refractivity contribution < 1.29 is 0 Å². The second-order valence-corrected chi connectivity index (χ2v) is 5.34. The molecule has 0 spiro atoms. The highest BCUT2D eigenvalue weighted by atomic mass is 35.5. The molecule has 0 saturated carbocycles. The van der Waals surface area contributed by atoms with Crippen molar-refractivity contribution in [2.24, 2.45) is 0 Å². The molecule has 7 heteroatoms. The van der Waals surface area contributed by atoms with Crippen molar-refractivity contribution in [2.75, 3.05) is 0 Å². The first-order valence-corrected chi connectivity index (χ1v) is 6.88. The summed E-state index contributed by atoms with van der Waals surface area (Å²) in [6.45, 7) is 2.04. The second-order valence-electron chi connectivity index (χ2n) is 3.77. The van der Waals surface area contributed by atoms with Crippen molar-refractivity contribution in [1.29, 1.82) is 0 Å². The van der Waals surface area contributed by atoms with E-state index in [0.29, 0.717) is 10.0 Å². The van der Waals surface area contributed by atoms with Crippen molar-refractivity contribution in [1.82, 2.24) is 19.6 Å². The molecule has 0 radical (unpaired) electrons. The molecule has 18 heavy (non-hydrogen) atoms. The van der Waals surface area contributed by atoms with Gasteiger partial charge in [0.25, 0.3) is 0 Å². The fourth-order valence-electron chi connectivity index (χ4n) is 1.73. The van der Waals surface area contributed by atoms with Gasteiger partial charge in [-0.25, -0.2) is 4.98 Å². The van der Waals surface area contributed by atoms with Gasteiger partial charge in [-0.15, -0.1) is 5.10 Å². The zero-order valence-corrected chi connectivity index (χ0v) is 11.7. The van der Waals surface area contributed by atoms with Crippen molar-refractivity contribution in [3.05, 3.63) is 27.9 Å². The van der Waals surface area contributed by atoms with Crippen LogP contribution in [0.4, 0.5) is 0 Å². The van der Waals surface area contributed by atoms with Gasteiger partial charge < -0.3 is 4.98 Å². The number of rotatable bonds is 2. The van der Waals surface area contributed by atoms with Gasteiger partial charge in [0.15, 0.2) is 5.82 Å². The lowest BCUT2D eigenvalue weighted by Gasteiger charge is -1.93. The minimum absolute atomic E-state index is 0.500. The van der Waals surface area contributed by atoms with Crippen LogP contribution in [0.5, 0.6) is 0 Å². The second kappa shape index (κ2) is 4.50. The smallest absolute Gasteiger partial charge is 0.152 e. The molecule has 0 aliphatic rings. The quantitative estimate of drug-likeness (QED) is 0.779. The number of nitrogens with one attached hydrogen (secondary N) is 1. The number of fused-ring (bicyclic) bond motifs is 1. The van der Waals surface area contributed by atoms with Crippen LogP contribution >= 0.6 is 34.7 Å². The van der Waals surface area contributed by atoms with Crippen LogP contribution in [-0.2, 0) is 6.42 Å². The van der Waals surface area contributed by atoms with Crippen molar-refractivity contribution in [3.63, 3.8) is 0 Å². The molecule has 2 aromatic heterocycles. The Morgan fingerprint density at radius 2 is 2.06 bits per heavy atom. The normalized spacial score (nSPS) is 11.3. The number of nitrogens with zero attached hydrogens (tertiary/aromatic N) is 3. The number of aromatic nitrogens is 4. The summed E-state index contributed by atoms with van der Waals surface area (Å²) in [5.41, 5.74) is 2.58. The molecule has 3 rings (SSSR count). The molecular weight excluding hydrogens is 291 g/mol. The van der Waals surface area contributed by atoms with E-state index in [1.807, 2.05) is 6.92 Å². The predicted octanol–water partition coefficient (Wildman–Crippen LogP) is 3.95. The van der Waals surface area contributed by atoms with Gasteiger partial charge in [0.1, 0.15) is 4.88 Å². The van der Waals surface area contributed by atoms with Crippen LogP contribution in [0.2, 0.25) is 10.0 Å². The molecule has 3 aromatic rings. The van der Waals surface area contributed by atoms with Crippen LogP contribution < -0.4 is 0 Å². The minimum Gasteiger partial charge on any atom is -0.337 e. The molecule has 92 valence electrons. The summed E-state index contributed by atoms with van der Waals surface area (Å²) in [4.78, 5) is 8.67. The highest BCUT2D eigenvalue weighted by Gasteiger charge is 2.14. The summed E-state index contributed by atoms with van der Waals surface area (Å²) < 4.78 is 3.95. The molecule has 0 aliphatic heterocycles. The van der Waals surface area contributed by atoms with Crippen molar-refractivity contribution in [3.8, 4) is 10.7 Å². The maximum Gasteiger partial charge on any atom is 0.152 e. The average molecular weight is 299 g/mol. The maximum absolute atomic E-state index is 5.98. The standard InChI is InChI=1S/C11H8Cl2N4S/c1-2-7-10(18-17-16-7)11-14-8-3-5(12)6(13)4-9(8)15-11/h3-4H,2H2,1H3,(H,14,15). The van der Waals surface area contributed by atoms with E-state index >= 15 is 0 Å². The summed E-state index contributed by atoms with van der Waals surface area (Å²) in [5.74, 6) is 0.759. The van der Waals surface area contributed by atoms with Gasteiger partial charge in [0, 0.05) is 0 Å². The van der Waals surface area contributed by atoms with E-state index in [2.05, 4.69) is 19.6 Å². The Morgan fingerprint density at radius 1 is 1.28 bits per heavy atom. The third-order valence-electron chi connectivity index (χ3n) is 2.63. The van der Waals surface area contributed by atoms with Gasteiger partial charge in [-0.05, 0) is 30.1 Å². The molecule has 0 fully saturated rings. The van der Waals surface area contributed by atoms with Crippen LogP contribution in [0.3, 0.4) is 0 Å². The van der Waals surface area contributed by atoms with Crippen LogP contribution in [0.1, 0.15) is 12.6 Å². The van der Waals surface area contributed by atoms with Crippen LogP contribution in [0.25, 0.3) is 21.7 Å². The molecule has 0 bridgehead atoms. The molecule has 0 aliphatic carbocycles. The summed E-state index contributed by atoms with van der Waals surface area (Å²) in [7, 11) is 0. The first-order chi connectivity index (χ1) is 8.69. The lowest BCUT2D eigenvalue weighted by atomic mass is 10.3. The van der Waals surface area contributed by atoms with E-state index in [9.17, 15) is 0 Å². The molecule has 0 saturated heterocycles. The van der Waals surface area contributed by atoms with Crippen LogP contribution in [0, 0.1) is 0 Å². The number of hydrogen-bond donors (Lipinski definition) is 1. The van der Waals surface area contributed by atoms with Gasteiger partial charge >= 0.3 is 0 Å². The van der Waals surface area contributed by atoms with E-state index < -0.39 is 0 Å². The average Bonchev–Trinajstić information content (AvgIpc) is 2.95. The number of H-pyrrole nitrogens is 1. The van der Waals surface area contributed by atoms with Gasteiger partial charge in [0.05, 0.1) is 26.8 Å². The van der Waals surface area contributed by atoms with Crippen molar-refractivity contribution in [2.45, 2.75) is 13.3 Å². The van der Waals surface area contributed by atoms with Gasteiger partial charge in [-0.3, -0.25) is 0 Å². The summed E-state index contributed by atoms with van der Waals surface area (Å²) >= 11 is 13.3. The minimum atomic E-state index is 0.500. The monoisotopic (exact) mass is 298 g/mol. The van der Waals surface area contributed by atoms with Gasteiger partial charge in [-0.2, -0.15) is 0 Å². The number of benzene rings is 1. The number of aryl methyl sites for hydroxylation is 1. The molecule has 0 unspecified atom stereocenters. The summed E-state index contributed by atoms with van der Waals surface area (Å²) in [6, 6.07) is 3.52. The lowest BCUT2D eigenvalue weighted by Crippen LogP contribution is -1.85. The Labute approximate surface area is 117 Å². The van der Waals surface area contributed by atoms with Gasteiger partial charge in [-0.1, -0.05) is 34.6 Å². The molecule has 0 atom stereocenters. The molecule has 1 aromatic carbocycles. The lowest BCUT2D eigenvalue weighted by molar-refractivity contribution is 0.990. The fourth-order valence-corrected chi connectivity index (χ4v) is 2.75. The Hall–Kier alpha value is -1.17. The van der Waals surface area contributed by atoms with E-state index in [1.165, 1.54) is 11.5 Å². The first-order valence-electron chi connectivity index (χ1n) is 5.35. The molecule has 1 N–H and O–H groups in total. The molecule has 4 nitrogen and oxygen atoms in total. The Balaban J connectivity index is 2.19. The largest absolute Gasteiger partial charge is 0.337 e. The molecule has 0 amide bonds. The van der Waals surface area contributed by atoms with E-state index in [1.54, 1.807) is 12.1 Å². The predicted molar refractivity (Wildman–Crippen MR) is 74.4 cm³/mol. The molecular formula is C11H8Cl2N4S. The highest BCUT2D eigenvalue weighted by molar-refractivity contribution is 7.09. The summed E-state index contributed by atoms with van der Waals surface area (Å²) in [5, 5.41) is 5.08. The zero-order valence-electron chi connectivity index (χ0n) is 9.37. The Bertz CT molecular complexity index is 680. The fraction of sp³-hybridized carbons (Fsp3) is 0.182. The van der Waals surface area contributed by atoms with E-state index in [0.717, 1.165) is 33.8 Å². The molecule has 2 heterocycles. The highest BCUT2D eigenvalue weighted by Crippen LogP contribution is 2.30. The summed E-state index contributed by atoms with van der Waals surface area (Å²) in [6.07, 6.45) is 0.824. The number of hydrogen-bond acceptors (Lipinski definition) is 4. The Morgan fingerprint density at radius 3 is 2.83 bits per heavy atom. The van der Waals surface area contributed by atoms with Gasteiger partial charge in [0.2, 0.25) is 0 Å². The van der Waals surface area contributed by atoms with E-state index in [4.69, 9.17) is 23.2 Å². The number of aromatic amines is 1. The first kappa shape index (κ1) is 11.9. The van der Waals surface area contributed by atoms with Crippen LogP contribution in [0.15, 0.2) is 12.1 Å². The number of halogens is 2. The van der Waals surface area contributed by atoms with Crippen LogP contribution in [-0.4, -0.2) is 19.6 Å². The Kier molecular flexibility index (Phi) is 2.97. The third-order valence-corrected chi connectivity index (χ3v) is 4.13. The SMILES string of the molecule is CCc1nnsc1-c1nc2cc(Cl)c(Cl)cc2[nH]1. The number of imidazole rings is 1. The van der Waals surface area contributed by atoms with Crippen molar-refractivity contribution >= 4 is 45.8 Å². The maximum atomic E-state index is 5.98.